The smallest absolute Gasteiger partial charge is 0.345 e. The van der Waals surface area contributed by atoms with Crippen molar-refractivity contribution in [1.82, 2.24) is 9.91 Å². The van der Waals surface area contributed by atoms with Gasteiger partial charge in [0, 0.05) is 24.5 Å². The van der Waals surface area contributed by atoms with Crippen LogP contribution in [0.1, 0.15) is 14.5 Å². The van der Waals surface area contributed by atoms with Crippen LogP contribution in [0, 0.1) is 4.91 Å². The number of carboxylic acid groups (broad SMARTS) is 1. The Kier molecular flexibility index (Phi) is 3.70. The average molecular weight is 255 g/mol. The van der Waals surface area contributed by atoms with Gasteiger partial charge in [-0.2, -0.15) is 0 Å². The Morgan fingerprint density at radius 3 is 2.59 bits per heavy atom. The Labute approximate surface area is 102 Å². The number of thiophene rings is 1. The summed E-state index contributed by atoms with van der Waals surface area (Å²) in [4.78, 5) is 24.6. The van der Waals surface area contributed by atoms with E-state index in [1.807, 2.05) is 6.07 Å². The van der Waals surface area contributed by atoms with E-state index in [0.717, 1.165) is 24.5 Å². The summed E-state index contributed by atoms with van der Waals surface area (Å²) >= 11 is 1.30. The number of hydrogen-bond donors (Lipinski definition) is 1. The number of hydrogen-bond acceptors (Lipinski definition) is 5. The second-order valence-corrected chi connectivity index (χ2v) is 5.05. The molecule has 2 rings (SSSR count). The highest BCUT2D eigenvalue weighted by molar-refractivity contribution is 7.13. The summed E-state index contributed by atoms with van der Waals surface area (Å²) in [5, 5.41) is 13.2. The highest BCUT2D eigenvalue weighted by atomic mass is 32.1. The van der Waals surface area contributed by atoms with Crippen LogP contribution in [0.3, 0.4) is 0 Å². The van der Waals surface area contributed by atoms with Crippen LogP contribution in [-0.2, 0) is 6.54 Å². The number of nitrogens with zero attached hydrogens (tertiary/aromatic N) is 3. The molecule has 92 valence electrons. The van der Waals surface area contributed by atoms with Crippen LogP contribution >= 0.6 is 11.3 Å². The number of rotatable bonds is 4. The first kappa shape index (κ1) is 12.0. The van der Waals surface area contributed by atoms with Gasteiger partial charge in [0.25, 0.3) is 0 Å². The van der Waals surface area contributed by atoms with E-state index in [1.165, 1.54) is 16.3 Å². The van der Waals surface area contributed by atoms with Gasteiger partial charge in [0.15, 0.2) is 0 Å². The zero-order chi connectivity index (χ0) is 12.3. The lowest BCUT2D eigenvalue weighted by molar-refractivity contribution is 0.0702. The van der Waals surface area contributed by atoms with E-state index in [-0.39, 0.29) is 0 Å². The highest BCUT2D eigenvalue weighted by Crippen LogP contribution is 2.19. The Hall–Kier alpha value is -1.47. The summed E-state index contributed by atoms with van der Waals surface area (Å²) in [6, 6.07) is 3.48. The lowest BCUT2D eigenvalue weighted by Crippen LogP contribution is -2.43. The number of carbonyl (C=O) groups is 1. The molecule has 2 heterocycles. The first-order chi connectivity index (χ1) is 8.19. The largest absolute Gasteiger partial charge is 0.477 e. The van der Waals surface area contributed by atoms with Crippen LogP contribution in [-0.4, -0.2) is 47.2 Å². The Bertz CT molecular complexity index is 413. The first-order valence-corrected chi connectivity index (χ1v) is 6.13. The Morgan fingerprint density at radius 1 is 1.35 bits per heavy atom. The molecular weight excluding hydrogens is 242 g/mol. The molecule has 0 radical (unpaired) electrons. The number of carboxylic acids is 1. The minimum Gasteiger partial charge on any atom is -0.477 e. The predicted molar refractivity (Wildman–Crippen MR) is 63.9 cm³/mol. The molecule has 0 atom stereocenters. The molecule has 0 saturated carbocycles. The minimum atomic E-state index is -0.878. The Morgan fingerprint density at radius 2 is 2.06 bits per heavy atom. The molecule has 0 amide bonds. The van der Waals surface area contributed by atoms with Crippen molar-refractivity contribution >= 4 is 17.3 Å². The lowest BCUT2D eigenvalue weighted by atomic mass is 10.3. The standard InChI is InChI=1S/C10H13N3O3S/c14-10(15)9-2-1-8(17-9)7-12-3-5-13(11-16)6-4-12/h1-2H,3-7H2,(H,14,15). The number of nitroso groups, excluding NO2 is 1. The second-order valence-electron chi connectivity index (χ2n) is 3.88. The average Bonchev–Trinajstić information content (AvgIpc) is 2.79. The van der Waals surface area contributed by atoms with Gasteiger partial charge < -0.3 is 5.11 Å². The second kappa shape index (κ2) is 5.24. The summed E-state index contributed by atoms with van der Waals surface area (Å²) in [5.41, 5.74) is 0. The summed E-state index contributed by atoms with van der Waals surface area (Å²) in [5.74, 6) is -0.878. The molecule has 1 fully saturated rings. The van der Waals surface area contributed by atoms with Gasteiger partial charge in [-0.25, -0.2) is 4.79 Å². The SMILES string of the molecule is O=NN1CCN(Cc2ccc(C(=O)O)s2)CC1. The van der Waals surface area contributed by atoms with E-state index in [2.05, 4.69) is 10.2 Å². The molecule has 7 heteroatoms. The molecule has 0 spiro atoms. The normalized spacial score (nSPS) is 17.1. The lowest BCUT2D eigenvalue weighted by Gasteiger charge is -2.30. The molecule has 0 aliphatic carbocycles. The number of aromatic carboxylic acids is 1. The van der Waals surface area contributed by atoms with Gasteiger partial charge in [-0.15, -0.1) is 16.2 Å². The number of piperazine rings is 1. The fraction of sp³-hybridized carbons (Fsp3) is 0.500. The molecule has 1 saturated heterocycles. The van der Waals surface area contributed by atoms with E-state index in [0.29, 0.717) is 18.0 Å². The Balaban J connectivity index is 1.88. The third-order valence-electron chi connectivity index (χ3n) is 2.72. The molecule has 6 nitrogen and oxygen atoms in total. The van der Waals surface area contributed by atoms with Gasteiger partial charge in [0.2, 0.25) is 0 Å². The molecule has 0 unspecified atom stereocenters. The molecule has 1 N–H and O–H groups in total. The quantitative estimate of drug-likeness (QED) is 0.819. The molecule has 1 aliphatic heterocycles. The van der Waals surface area contributed by atoms with Gasteiger partial charge in [-0.1, -0.05) is 0 Å². The van der Waals surface area contributed by atoms with Crippen LogP contribution < -0.4 is 0 Å². The van der Waals surface area contributed by atoms with Crippen LogP contribution in [0.25, 0.3) is 0 Å². The highest BCUT2D eigenvalue weighted by Gasteiger charge is 2.17. The fourth-order valence-corrected chi connectivity index (χ4v) is 2.66. The van der Waals surface area contributed by atoms with Gasteiger partial charge in [-0.3, -0.25) is 9.91 Å². The van der Waals surface area contributed by atoms with Crippen LogP contribution in [0.5, 0.6) is 0 Å². The third-order valence-corrected chi connectivity index (χ3v) is 3.77. The van der Waals surface area contributed by atoms with E-state index in [4.69, 9.17) is 5.11 Å². The van der Waals surface area contributed by atoms with Crippen LogP contribution in [0.2, 0.25) is 0 Å². The van der Waals surface area contributed by atoms with Crippen LogP contribution in [0.15, 0.2) is 17.4 Å². The third kappa shape index (κ3) is 3.01. The maximum absolute atomic E-state index is 10.7. The predicted octanol–water partition coefficient (Wildman–Crippen LogP) is 1.25. The van der Waals surface area contributed by atoms with Crippen molar-refractivity contribution in [3.05, 3.63) is 26.8 Å². The zero-order valence-corrected chi connectivity index (χ0v) is 10.0. The van der Waals surface area contributed by atoms with Crippen LogP contribution in [0.4, 0.5) is 0 Å². The van der Waals surface area contributed by atoms with E-state index < -0.39 is 5.97 Å². The molecule has 1 aromatic heterocycles. The maximum atomic E-state index is 10.7. The summed E-state index contributed by atoms with van der Waals surface area (Å²) in [6.45, 7) is 3.59. The summed E-state index contributed by atoms with van der Waals surface area (Å²) in [7, 11) is 0. The van der Waals surface area contributed by atoms with Gasteiger partial charge in [0.05, 0.1) is 18.4 Å². The monoisotopic (exact) mass is 255 g/mol. The van der Waals surface area contributed by atoms with Gasteiger partial charge in [0.1, 0.15) is 4.88 Å². The molecule has 1 aromatic rings. The summed E-state index contributed by atoms with van der Waals surface area (Å²) < 4.78 is 0. The van der Waals surface area contributed by atoms with Crippen molar-refractivity contribution in [2.24, 2.45) is 5.29 Å². The minimum absolute atomic E-state index is 0.369. The molecule has 0 aromatic carbocycles. The maximum Gasteiger partial charge on any atom is 0.345 e. The van der Waals surface area contributed by atoms with Gasteiger partial charge >= 0.3 is 5.97 Å². The van der Waals surface area contributed by atoms with Crippen molar-refractivity contribution in [1.29, 1.82) is 0 Å². The first-order valence-electron chi connectivity index (χ1n) is 5.31. The summed E-state index contributed by atoms with van der Waals surface area (Å²) in [6.07, 6.45) is 0. The van der Waals surface area contributed by atoms with E-state index >= 15 is 0 Å². The van der Waals surface area contributed by atoms with Gasteiger partial charge in [-0.05, 0) is 12.1 Å². The van der Waals surface area contributed by atoms with E-state index in [1.54, 1.807) is 6.07 Å². The fourth-order valence-electron chi connectivity index (χ4n) is 1.78. The van der Waals surface area contributed by atoms with Crippen molar-refractivity contribution in [2.45, 2.75) is 6.54 Å². The topological polar surface area (TPSA) is 73.2 Å². The van der Waals surface area contributed by atoms with Crippen molar-refractivity contribution in [3.8, 4) is 0 Å². The van der Waals surface area contributed by atoms with Crippen molar-refractivity contribution < 1.29 is 9.90 Å². The molecule has 0 bridgehead atoms. The molecule has 17 heavy (non-hydrogen) atoms. The van der Waals surface area contributed by atoms with Crippen molar-refractivity contribution in [3.63, 3.8) is 0 Å². The molecular formula is C10H13N3O3S. The zero-order valence-electron chi connectivity index (χ0n) is 9.20. The van der Waals surface area contributed by atoms with E-state index in [9.17, 15) is 9.70 Å². The molecule has 1 aliphatic rings. The van der Waals surface area contributed by atoms with Crippen molar-refractivity contribution in [2.75, 3.05) is 26.2 Å².